The number of hydrogen-bond donors (Lipinski definition) is 0. The van der Waals surface area contributed by atoms with E-state index >= 15 is 0 Å². The first-order valence-corrected chi connectivity index (χ1v) is 10.7. The Morgan fingerprint density at radius 1 is 1.21 bits per heavy atom. The van der Waals surface area contributed by atoms with Crippen LogP contribution in [0.1, 0.15) is 18.4 Å². The van der Waals surface area contributed by atoms with Crippen LogP contribution in [0.5, 0.6) is 5.75 Å². The van der Waals surface area contributed by atoms with Crippen molar-refractivity contribution >= 4 is 22.4 Å². The Kier molecular flexibility index (Phi) is 6.22. The van der Waals surface area contributed by atoms with Crippen LogP contribution in [0.3, 0.4) is 0 Å². The summed E-state index contributed by atoms with van der Waals surface area (Å²) in [4.78, 5) is 19.5. The number of aryl methyl sites for hydroxylation is 1. The van der Waals surface area contributed by atoms with Crippen LogP contribution in [0.2, 0.25) is 0 Å². The Labute approximate surface area is 174 Å². The molecule has 5 nitrogen and oxygen atoms in total. The zero-order chi connectivity index (χ0) is 20.1. The molecule has 1 aliphatic rings. The van der Waals surface area contributed by atoms with Crippen LogP contribution in [0.25, 0.3) is 11.3 Å². The van der Waals surface area contributed by atoms with E-state index in [2.05, 4.69) is 31.2 Å². The van der Waals surface area contributed by atoms with Crippen molar-refractivity contribution in [3.05, 3.63) is 65.5 Å². The number of carbonyl (C=O) groups is 1. The number of para-hydroxylation sites is 1. The van der Waals surface area contributed by atoms with Crippen LogP contribution in [-0.4, -0.2) is 36.8 Å². The summed E-state index contributed by atoms with van der Waals surface area (Å²) in [5, 5.41) is 2.67. The smallest absolute Gasteiger partial charge is 0.266 e. The summed E-state index contributed by atoms with van der Waals surface area (Å²) in [7, 11) is 0. The van der Waals surface area contributed by atoms with Gasteiger partial charge in [-0.15, -0.1) is 11.3 Å². The van der Waals surface area contributed by atoms with Gasteiger partial charge in [0.25, 0.3) is 5.91 Å². The summed E-state index contributed by atoms with van der Waals surface area (Å²) in [6.45, 7) is 3.28. The van der Waals surface area contributed by atoms with Crippen LogP contribution >= 0.6 is 11.3 Å². The fourth-order valence-corrected chi connectivity index (χ4v) is 4.12. The second kappa shape index (κ2) is 9.20. The maximum Gasteiger partial charge on any atom is 0.266 e. The van der Waals surface area contributed by atoms with E-state index in [9.17, 15) is 4.79 Å². The maximum atomic E-state index is 13.0. The molecular formula is C23H24N2O3S. The van der Waals surface area contributed by atoms with E-state index in [0.29, 0.717) is 17.4 Å². The SMILES string of the molecule is Cc1ccc(-c2csc(N(CC3CCCO3)C(=O)COc3ccccc3)n2)cc1. The molecule has 2 heterocycles. The quantitative estimate of drug-likeness (QED) is 0.568. The molecule has 1 atom stereocenters. The summed E-state index contributed by atoms with van der Waals surface area (Å²) in [6.07, 6.45) is 2.03. The molecule has 6 heteroatoms. The third-order valence-corrected chi connectivity index (χ3v) is 5.75. The molecule has 1 saturated heterocycles. The van der Waals surface area contributed by atoms with Gasteiger partial charge in [0, 0.05) is 17.6 Å². The van der Waals surface area contributed by atoms with E-state index in [0.717, 1.165) is 30.7 Å². The standard InChI is InChI=1S/C23H24N2O3S/c1-17-9-11-18(12-10-17)21-16-29-23(24-21)25(14-20-8-5-13-27-20)22(26)15-28-19-6-3-2-4-7-19/h2-4,6-7,9-12,16,20H,5,8,13-15H2,1H3. The molecule has 0 radical (unpaired) electrons. The van der Waals surface area contributed by atoms with Gasteiger partial charge in [0.05, 0.1) is 18.3 Å². The Morgan fingerprint density at radius 3 is 2.72 bits per heavy atom. The van der Waals surface area contributed by atoms with E-state index in [4.69, 9.17) is 14.5 Å². The van der Waals surface area contributed by atoms with Crippen LogP contribution < -0.4 is 9.64 Å². The number of ether oxygens (including phenoxy) is 2. The van der Waals surface area contributed by atoms with Gasteiger partial charge in [0.2, 0.25) is 0 Å². The minimum absolute atomic E-state index is 0.0316. The molecule has 3 aromatic rings. The first kappa shape index (κ1) is 19.6. The predicted molar refractivity (Wildman–Crippen MR) is 116 cm³/mol. The molecule has 0 spiro atoms. The molecule has 0 N–H and O–H groups in total. The Morgan fingerprint density at radius 2 is 2.00 bits per heavy atom. The number of carbonyl (C=O) groups excluding carboxylic acids is 1. The highest BCUT2D eigenvalue weighted by Crippen LogP contribution is 2.29. The lowest BCUT2D eigenvalue weighted by Gasteiger charge is -2.23. The first-order chi connectivity index (χ1) is 14.2. The number of thiazole rings is 1. The zero-order valence-corrected chi connectivity index (χ0v) is 17.2. The Balaban J connectivity index is 1.51. The summed E-state index contributed by atoms with van der Waals surface area (Å²) in [5.41, 5.74) is 3.12. The van der Waals surface area contributed by atoms with Gasteiger partial charge >= 0.3 is 0 Å². The van der Waals surface area contributed by atoms with Crippen LogP contribution in [0.15, 0.2) is 60.0 Å². The van der Waals surface area contributed by atoms with Crippen molar-refractivity contribution in [2.45, 2.75) is 25.9 Å². The second-order valence-corrected chi connectivity index (χ2v) is 7.96. The monoisotopic (exact) mass is 408 g/mol. The molecule has 150 valence electrons. The zero-order valence-electron chi connectivity index (χ0n) is 16.4. The summed E-state index contributed by atoms with van der Waals surface area (Å²) >= 11 is 1.47. The van der Waals surface area contributed by atoms with Crippen molar-refractivity contribution in [2.75, 3.05) is 24.7 Å². The molecule has 29 heavy (non-hydrogen) atoms. The van der Waals surface area contributed by atoms with Crippen LogP contribution in [0.4, 0.5) is 5.13 Å². The fraction of sp³-hybridized carbons (Fsp3) is 0.304. The highest BCUT2D eigenvalue weighted by Gasteiger charge is 2.26. The average Bonchev–Trinajstić information content (AvgIpc) is 3.44. The molecule has 0 saturated carbocycles. The molecule has 1 fully saturated rings. The van der Waals surface area contributed by atoms with E-state index < -0.39 is 0 Å². The lowest BCUT2D eigenvalue weighted by molar-refractivity contribution is -0.120. The normalized spacial score (nSPS) is 16.0. The number of anilines is 1. The van der Waals surface area contributed by atoms with Crippen molar-refractivity contribution in [1.29, 1.82) is 0 Å². The minimum Gasteiger partial charge on any atom is -0.484 e. The third kappa shape index (κ3) is 5.02. The van der Waals surface area contributed by atoms with Crippen LogP contribution in [-0.2, 0) is 9.53 Å². The predicted octanol–water partition coefficient (Wildman–Crippen LogP) is 4.71. The molecule has 1 amide bonds. The third-order valence-electron chi connectivity index (χ3n) is 4.89. The first-order valence-electron chi connectivity index (χ1n) is 9.81. The number of aromatic nitrogens is 1. The van der Waals surface area contributed by atoms with Gasteiger partial charge in [0.1, 0.15) is 5.75 Å². The van der Waals surface area contributed by atoms with E-state index in [1.54, 1.807) is 4.90 Å². The topological polar surface area (TPSA) is 51.7 Å². The molecule has 0 aliphatic carbocycles. The lowest BCUT2D eigenvalue weighted by Crippen LogP contribution is -2.40. The van der Waals surface area contributed by atoms with Crippen molar-refractivity contribution in [2.24, 2.45) is 0 Å². The highest BCUT2D eigenvalue weighted by molar-refractivity contribution is 7.14. The maximum absolute atomic E-state index is 13.0. The van der Waals surface area contributed by atoms with Crippen molar-refractivity contribution < 1.29 is 14.3 Å². The number of nitrogens with zero attached hydrogens (tertiary/aromatic N) is 2. The van der Waals surface area contributed by atoms with Crippen molar-refractivity contribution in [3.8, 4) is 17.0 Å². The molecule has 4 rings (SSSR count). The van der Waals surface area contributed by atoms with E-state index in [-0.39, 0.29) is 18.6 Å². The van der Waals surface area contributed by atoms with Crippen molar-refractivity contribution in [1.82, 2.24) is 4.98 Å². The molecule has 1 aliphatic heterocycles. The number of benzene rings is 2. The highest BCUT2D eigenvalue weighted by atomic mass is 32.1. The summed E-state index contributed by atoms with van der Waals surface area (Å²) in [5.74, 6) is 0.562. The number of rotatable bonds is 7. The summed E-state index contributed by atoms with van der Waals surface area (Å²) in [6, 6.07) is 17.6. The van der Waals surface area contributed by atoms with Gasteiger partial charge in [-0.3, -0.25) is 9.69 Å². The Bertz CT molecular complexity index is 934. The van der Waals surface area contributed by atoms with Gasteiger partial charge in [-0.05, 0) is 31.9 Å². The molecular weight excluding hydrogens is 384 g/mol. The van der Waals surface area contributed by atoms with Gasteiger partial charge in [-0.2, -0.15) is 0 Å². The van der Waals surface area contributed by atoms with Gasteiger partial charge in [-0.25, -0.2) is 4.98 Å². The number of amides is 1. The molecule has 0 bridgehead atoms. The van der Waals surface area contributed by atoms with Gasteiger partial charge in [-0.1, -0.05) is 48.0 Å². The van der Waals surface area contributed by atoms with E-state index in [1.165, 1.54) is 16.9 Å². The lowest BCUT2D eigenvalue weighted by atomic mass is 10.1. The average molecular weight is 409 g/mol. The molecule has 1 unspecified atom stereocenters. The molecule has 2 aromatic carbocycles. The van der Waals surface area contributed by atoms with Crippen LogP contribution in [0, 0.1) is 6.92 Å². The minimum atomic E-state index is -0.117. The van der Waals surface area contributed by atoms with E-state index in [1.807, 2.05) is 35.7 Å². The van der Waals surface area contributed by atoms with Gasteiger partial charge < -0.3 is 9.47 Å². The Hall–Kier alpha value is -2.70. The van der Waals surface area contributed by atoms with Gasteiger partial charge in [0.15, 0.2) is 11.7 Å². The number of hydrogen-bond acceptors (Lipinski definition) is 5. The fourth-order valence-electron chi connectivity index (χ4n) is 3.26. The van der Waals surface area contributed by atoms with Crippen molar-refractivity contribution in [3.63, 3.8) is 0 Å². The summed E-state index contributed by atoms with van der Waals surface area (Å²) < 4.78 is 11.4. The largest absolute Gasteiger partial charge is 0.484 e. The second-order valence-electron chi connectivity index (χ2n) is 7.12. The molecule has 1 aromatic heterocycles.